The molecule has 6 heteroatoms. The van der Waals surface area contributed by atoms with Gasteiger partial charge in [0.15, 0.2) is 11.5 Å². The Morgan fingerprint density at radius 1 is 0.759 bits per heavy atom. The maximum absolute atomic E-state index is 12.1. The molecule has 0 spiro atoms. The minimum atomic E-state index is -0.385. The fraction of sp³-hybridized carbons (Fsp3) is 0.652. The molecule has 0 aliphatic heterocycles. The van der Waals surface area contributed by atoms with Gasteiger partial charge in [-0.2, -0.15) is 0 Å². The number of unbranched alkanes of at least 4 members (excludes halogenated alkanes) is 7. The minimum Gasteiger partial charge on any atom is -0.493 e. The minimum absolute atomic E-state index is 0.198. The molecule has 0 radical (unpaired) electrons. The highest BCUT2D eigenvalue weighted by molar-refractivity contribution is 5.74. The molecule has 164 valence electrons. The highest BCUT2D eigenvalue weighted by atomic mass is 16.6. The van der Waals surface area contributed by atoms with Gasteiger partial charge in [-0.15, -0.1) is 0 Å². The Kier molecular flexibility index (Phi) is 13.4. The number of hydrogen-bond acceptors (Lipinski definition) is 6. The Bertz CT molecular complexity index is 577. The van der Waals surface area contributed by atoms with Crippen molar-refractivity contribution in [2.75, 3.05) is 20.8 Å². The summed E-state index contributed by atoms with van der Waals surface area (Å²) in [6.45, 7) is 2.70. The summed E-state index contributed by atoms with van der Waals surface area (Å²) in [6.07, 6.45) is 10.0. The molecule has 0 N–H and O–H groups in total. The number of carbonyl (C=O) groups excluding carboxylic acids is 2. The van der Waals surface area contributed by atoms with E-state index in [9.17, 15) is 9.59 Å². The number of para-hydroxylation sites is 1. The van der Waals surface area contributed by atoms with E-state index in [1.807, 2.05) is 0 Å². The van der Waals surface area contributed by atoms with E-state index in [2.05, 4.69) is 6.92 Å². The van der Waals surface area contributed by atoms with Crippen molar-refractivity contribution in [1.29, 1.82) is 0 Å². The molecule has 0 amide bonds. The fourth-order valence-corrected chi connectivity index (χ4v) is 2.94. The standard InChI is InChI=1S/C23H36O6/c1-4-5-6-7-8-9-12-18-28-21(24)16-10-11-17-22(25)29-23-19(26-2)14-13-15-20(23)27-3/h13-15H,4-12,16-18H2,1-3H3. The van der Waals surface area contributed by atoms with Gasteiger partial charge in [-0.1, -0.05) is 51.5 Å². The molecule has 0 aromatic heterocycles. The molecule has 29 heavy (non-hydrogen) atoms. The SMILES string of the molecule is CCCCCCCCCOC(=O)CCCCC(=O)Oc1c(OC)cccc1OC. The third kappa shape index (κ3) is 10.8. The van der Waals surface area contributed by atoms with E-state index in [0.717, 1.165) is 12.8 Å². The van der Waals surface area contributed by atoms with Crippen LogP contribution in [0.4, 0.5) is 0 Å². The second kappa shape index (κ2) is 15.7. The lowest BCUT2D eigenvalue weighted by Crippen LogP contribution is -2.10. The summed E-state index contributed by atoms with van der Waals surface area (Å²) in [7, 11) is 3.01. The second-order valence-electron chi connectivity index (χ2n) is 7.01. The first-order valence-electron chi connectivity index (χ1n) is 10.7. The van der Waals surface area contributed by atoms with Crippen molar-refractivity contribution in [3.63, 3.8) is 0 Å². The number of carbonyl (C=O) groups is 2. The van der Waals surface area contributed by atoms with Crippen LogP contribution in [0.2, 0.25) is 0 Å². The summed E-state index contributed by atoms with van der Waals surface area (Å²) in [5, 5.41) is 0. The first-order valence-corrected chi connectivity index (χ1v) is 10.7. The zero-order valence-corrected chi connectivity index (χ0v) is 18.2. The van der Waals surface area contributed by atoms with Crippen LogP contribution in [0, 0.1) is 0 Å². The predicted molar refractivity (Wildman–Crippen MR) is 113 cm³/mol. The fourth-order valence-electron chi connectivity index (χ4n) is 2.94. The van der Waals surface area contributed by atoms with Crippen LogP contribution in [0.25, 0.3) is 0 Å². The van der Waals surface area contributed by atoms with Crippen LogP contribution in [-0.4, -0.2) is 32.8 Å². The molecule has 0 atom stereocenters. The number of esters is 2. The predicted octanol–water partition coefficient (Wildman–Crippen LogP) is 5.46. The Balaban J connectivity index is 2.14. The second-order valence-corrected chi connectivity index (χ2v) is 7.01. The quantitative estimate of drug-likeness (QED) is 0.205. The zero-order valence-electron chi connectivity index (χ0n) is 18.2. The molecule has 0 saturated heterocycles. The van der Waals surface area contributed by atoms with Gasteiger partial charge in [-0.3, -0.25) is 9.59 Å². The Morgan fingerprint density at radius 2 is 1.31 bits per heavy atom. The van der Waals surface area contributed by atoms with E-state index in [1.54, 1.807) is 18.2 Å². The highest BCUT2D eigenvalue weighted by Crippen LogP contribution is 2.37. The van der Waals surface area contributed by atoms with Gasteiger partial charge in [-0.05, 0) is 31.4 Å². The molecular weight excluding hydrogens is 372 g/mol. The summed E-state index contributed by atoms with van der Waals surface area (Å²) in [4.78, 5) is 23.8. The van der Waals surface area contributed by atoms with E-state index in [1.165, 1.54) is 46.3 Å². The van der Waals surface area contributed by atoms with E-state index < -0.39 is 0 Å². The Labute approximate surface area is 174 Å². The van der Waals surface area contributed by atoms with Crippen molar-refractivity contribution in [2.24, 2.45) is 0 Å². The van der Waals surface area contributed by atoms with Crippen molar-refractivity contribution < 1.29 is 28.5 Å². The topological polar surface area (TPSA) is 71.1 Å². The van der Waals surface area contributed by atoms with Crippen LogP contribution in [0.3, 0.4) is 0 Å². The van der Waals surface area contributed by atoms with Crippen LogP contribution >= 0.6 is 0 Å². The van der Waals surface area contributed by atoms with E-state index in [0.29, 0.717) is 37.4 Å². The molecule has 0 saturated carbocycles. The highest BCUT2D eigenvalue weighted by Gasteiger charge is 2.15. The number of benzene rings is 1. The number of hydrogen-bond donors (Lipinski definition) is 0. The summed E-state index contributed by atoms with van der Waals surface area (Å²) < 4.78 is 21.0. The van der Waals surface area contributed by atoms with Gasteiger partial charge in [0.2, 0.25) is 5.75 Å². The average molecular weight is 409 g/mol. The Hall–Kier alpha value is -2.24. The summed E-state index contributed by atoms with van der Waals surface area (Å²) >= 11 is 0. The van der Waals surface area contributed by atoms with Crippen molar-refractivity contribution in [1.82, 2.24) is 0 Å². The lowest BCUT2D eigenvalue weighted by molar-refractivity contribution is -0.144. The average Bonchev–Trinajstić information content (AvgIpc) is 2.73. The molecule has 0 fully saturated rings. The van der Waals surface area contributed by atoms with Gasteiger partial charge < -0.3 is 18.9 Å². The van der Waals surface area contributed by atoms with Crippen molar-refractivity contribution in [2.45, 2.75) is 77.6 Å². The Morgan fingerprint density at radius 3 is 1.90 bits per heavy atom. The summed E-state index contributed by atoms with van der Waals surface area (Å²) in [6, 6.07) is 5.16. The molecule has 0 heterocycles. The number of rotatable bonds is 16. The van der Waals surface area contributed by atoms with E-state index in [4.69, 9.17) is 18.9 Å². The number of ether oxygens (including phenoxy) is 4. The van der Waals surface area contributed by atoms with Crippen molar-refractivity contribution in [3.8, 4) is 17.2 Å². The molecular formula is C23H36O6. The van der Waals surface area contributed by atoms with Crippen LogP contribution in [-0.2, 0) is 14.3 Å². The van der Waals surface area contributed by atoms with E-state index in [-0.39, 0.29) is 24.1 Å². The van der Waals surface area contributed by atoms with Gasteiger partial charge in [0.05, 0.1) is 20.8 Å². The smallest absolute Gasteiger partial charge is 0.311 e. The van der Waals surface area contributed by atoms with Crippen molar-refractivity contribution in [3.05, 3.63) is 18.2 Å². The first-order chi connectivity index (χ1) is 14.1. The van der Waals surface area contributed by atoms with Crippen LogP contribution < -0.4 is 14.2 Å². The molecule has 0 aliphatic carbocycles. The maximum Gasteiger partial charge on any atom is 0.311 e. The van der Waals surface area contributed by atoms with Crippen LogP contribution in [0.15, 0.2) is 18.2 Å². The molecule has 0 unspecified atom stereocenters. The third-order valence-electron chi connectivity index (χ3n) is 4.62. The van der Waals surface area contributed by atoms with E-state index >= 15 is 0 Å². The summed E-state index contributed by atoms with van der Waals surface area (Å²) in [5.41, 5.74) is 0. The van der Waals surface area contributed by atoms with Gasteiger partial charge in [0, 0.05) is 12.8 Å². The lowest BCUT2D eigenvalue weighted by Gasteiger charge is -2.12. The molecule has 0 aliphatic rings. The molecule has 6 nitrogen and oxygen atoms in total. The monoisotopic (exact) mass is 408 g/mol. The number of methoxy groups -OCH3 is 2. The van der Waals surface area contributed by atoms with Gasteiger partial charge in [0.25, 0.3) is 0 Å². The molecule has 1 rings (SSSR count). The lowest BCUT2D eigenvalue weighted by atomic mass is 10.1. The molecule has 0 bridgehead atoms. The largest absolute Gasteiger partial charge is 0.493 e. The first kappa shape index (κ1) is 24.8. The van der Waals surface area contributed by atoms with Crippen molar-refractivity contribution >= 4 is 11.9 Å². The molecule has 1 aromatic carbocycles. The maximum atomic E-state index is 12.1. The summed E-state index contributed by atoms with van der Waals surface area (Å²) in [5.74, 6) is 0.565. The van der Waals surface area contributed by atoms with Gasteiger partial charge >= 0.3 is 11.9 Å². The van der Waals surface area contributed by atoms with Crippen LogP contribution in [0.5, 0.6) is 17.2 Å². The molecule has 1 aromatic rings. The zero-order chi connectivity index (χ0) is 21.3. The van der Waals surface area contributed by atoms with Gasteiger partial charge in [-0.25, -0.2) is 0 Å². The normalized spacial score (nSPS) is 10.4. The van der Waals surface area contributed by atoms with Gasteiger partial charge in [0.1, 0.15) is 0 Å². The third-order valence-corrected chi connectivity index (χ3v) is 4.62. The van der Waals surface area contributed by atoms with Crippen LogP contribution in [0.1, 0.15) is 77.6 Å².